The van der Waals surface area contributed by atoms with Gasteiger partial charge in [-0.25, -0.2) is 17.9 Å². The van der Waals surface area contributed by atoms with E-state index in [1.54, 1.807) is 6.92 Å². The number of nitrogens with one attached hydrogen (secondary N) is 1. The lowest BCUT2D eigenvalue weighted by atomic mass is 9.86. The molecule has 0 bridgehead atoms. The molecule has 0 fully saturated rings. The van der Waals surface area contributed by atoms with E-state index in [1.807, 2.05) is 24.3 Å². The van der Waals surface area contributed by atoms with E-state index in [-0.39, 0.29) is 15.9 Å². The van der Waals surface area contributed by atoms with Crippen LogP contribution in [0, 0.1) is 0 Å². The van der Waals surface area contributed by atoms with Gasteiger partial charge in [0, 0.05) is 6.04 Å². The highest BCUT2D eigenvalue weighted by atomic mass is 32.2. The van der Waals surface area contributed by atoms with E-state index < -0.39 is 22.0 Å². The van der Waals surface area contributed by atoms with Gasteiger partial charge in [0.15, 0.2) is 0 Å². The first-order valence-electron chi connectivity index (χ1n) is 8.36. The van der Waals surface area contributed by atoms with Crippen LogP contribution in [0.15, 0.2) is 53.4 Å². The summed E-state index contributed by atoms with van der Waals surface area (Å²) in [7, 11) is -2.51. The summed E-state index contributed by atoms with van der Waals surface area (Å²) in [6.07, 6.45) is 0. The number of hydrogen-bond donors (Lipinski definition) is 1. The number of carbonyl (C=O) groups is 1. The van der Waals surface area contributed by atoms with Crippen molar-refractivity contribution in [2.75, 3.05) is 7.11 Å². The average Bonchev–Trinajstić information content (AvgIpc) is 2.60. The van der Waals surface area contributed by atoms with Crippen molar-refractivity contribution in [3.63, 3.8) is 0 Å². The van der Waals surface area contributed by atoms with E-state index in [2.05, 4.69) is 30.2 Å². The minimum atomic E-state index is -3.77. The summed E-state index contributed by atoms with van der Waals surface area (Å²) in [6, 6.07) is 13.3. The fourth-order valence-electron chi connectivity index (χ4n) is 2.55. The third kappa shape index (κ3) is 4.71. The summed E-state index contributed by atoms with van der Waals surface area (Å²) in [5, 5.41) is 0. The van der Waals surface area contributed by atoms with Gasteiger partial charge in [-0.2, -0.15) is 0 Å². The highest BCUT2D eigenvalue weighted by molar-refractivity contribution is 7.89. The summed E-state index contributed by atoms with van der Waals surface area (Å²) in [5.41, 5.74) is 2.28. The Bertz CT molecular complexity index is 881. The first-order valence-corrected chi connectivity index (χ1v) is 9.84. The molecule has 0 radical (unpaired) electrons. The monoisotopic (exact) mass is 375 g/mol. The Morgan fingerprint density at radius 3 is 2.23 bits per heavy atom. The predicted molar refractivity (Wildman–Crippen MR) is 102 cm³/mol. The zero-order valence-corrected chi connectivity index (χ0v) is 16.6. The molecule has 1 N–H and O–H groups in total. The maximum absolute atomic E-state index is 12.6. The molecular weight excluding hydrogens is 350 g/mol. The first kappa shape index (κ1) is 20.1. The van der Waals surface area contributed by atoms with Crippen LogP contribution >= 0.6 is 0 Å². The molecule has 6 heteroatoms. The lowest BCUT2D eigenvalue weighted by molar-refractivity contribution is 0.0600. The van der Waals surface area contributed by atoms with Crippen LogP contribution < -0.4 is 4.72 Å². The lowest BCUT2D eigenvalue weighted by Gasteiger charge is -2.20. The van der Waals surface area contributed by atoms with E-state index in [4.69, 9.17) is 0 Å². The summed E-state index contributed by atoms with van der Waals surface area (Å²) >= 11 is 0. The highest BCUT2D eigenvalue weighted by Gasteiger charge is 2.20. The Kier molecular flexibility index (Phi) is 5.88. The molecule has 2 aromatic carbocycles. The zero-order valence-electron chi connectivity index (χ0n) is 15.7. The molecule has 0 amide bonds. The van der Waals surface area contributed by atoms with Gasteiger partial charge in [0.2, 0.25) is 10.0 Å². The molecule has 0 aromatic heterocycles. The molecule has 0 saturated heterocycles. The first-order chi connectivity index (χ1) is 12.0. The van der Waals surface area contributed by atoms with Crippen molar-refractivity contribution < 1.29 is 17.9 Å². The van der Waals surface area contributed by atoms with Gasteiger partial charge in [0.05, 0.1) is 17.6 Å². The second-order valence-corrected chi connectivity index (χ2v) is 8.95. The van der Waals surface area contributed by atoms with Crippen LogP contribution in [0.25, 0.3) is 0 Å². The van der Waals surface area contributed by atoms with Gasteiger partial charge in [0.25, 0.3) is 0 Å². The standard InChI is InChI=1S/C20H25NO4S/c1-14(15-9-11-17(12-10-15)20(2,3)4)21-26(23,24)18-8-6-7-16(13-18)19(22)25-5/h6-14,21H,1-5H3. The van der Waals surface area contributed by atoms with E-state index in [0.717, 1.165) is 5.56 Å². The maximum Gasteiger partial charge on any atom is 0.337 e. The van der Waals surface area contributed by atoms with E-state index in [1.165, 1.54) is 36.9 Å². The summed E-state index contributed by atoms with van der Waals surface area (Å²) in [4.78, 5) is 11.6. The lowest BCUT2D eigenvalue weighted by Crippen LogP contribution is -2.27. The van der Waals surface area contributed by atoms with Crippen molar-refractivity contribution in [1.82, 2.24) is 4.72 Å². The SMILES string of the molecule is COC(=O)c1cccc(S(=O)(=O)NC(C)c2ccc(C(C)(C)C)cc2)c1. The third-order valence-electron chi connectivity index (χ3n) is 4.17. The van der Waals surface area contributed by atoms with Crippen molar-refractivity contribution in [3.8, 4) is 0 Å². The Morgan fingerprint density at radius 2 is 1.69 bits per heavy atom. The molecule has 140 valence electrons. The molecule has 0 aliphatic rings. The van der Waals surface area contributed by atoms with Gasteiger partial charge < -0.3 is 4.74 Å². The minimum Gasteiger partial charge on any atom is -0.465 e. The quantitative estimate of drug-likeness (QED) is 0.807. The average molecular weight is 375 g/mol. The van der Waals surface area contributed by atoms with Crippen molar-refractivity contribution in [2.45, 2.75) is 44.0 Å². The Morgan fingerprint density at radius 1 is 1.08 bits per heavy atom. The summed E-state index contributed by atoms with van der Waals surface area (Å²) in [5.74, 6) is -0.576. The van der Waals surface area contributed by atoms with E-state index in [9.17, 15) is 13.2 Å². The number of benzene rings is 2. The van der Waals surface area contributed by atoms with Crippen LogP contribution in [0.2, 0.25) is 0 Å². The second-order valence-electron chi connectivity index (χ2n) is 7.23. The van der Waals surface area contributed by atoms with E-state index in [0.29, 0.717) is 0 Å². The molecule has 1 atom stereocenters. The Labute approximate surface area is 155 Å². The number of carbonyl (C=O) groups excluding carboxylic acids is 1. The zero-order chi connectivity index (χ0) is 19.5. The van der Waals surface area contributed by atoms with Crippen molar-refractivity contribution >= 4 is 16.0 Å². The Balaban J connectivity index is 2.22. The van der Waals surface area contributed by atoms with Crippen LogP contribution in [0.4, 0.5) is 0 Å². The van der Waals surface area contributed by atoms with Gasteiger partial charge in [-0.3, -0.25) is 0 Å². The number of ether oxygens (including phenoxy) is 1. The van der Waals surface area contributed by atoms with Crippen LogP contribution in [0.5, 0.6) is 0 Å². The van der Waals surface area contributed by atoms with Gasteiger partial charge in [-0.05, 0) is 41.7 Å². The summed E-state index contributed by atoms with van der Waals surface area (Å²) in [6.45, 7) is 8.17. The molecule has 26 heavy (non-hydrogen) atoms. The molecule has 0 aliphatic carbocycles. The molecular formula is C20H25NO4S. The van der Waals surface area contributed by atoms with Crippen LogP contribution in [0.3, 0.4) is 0 Å². The van der Waals surface area contributed by atoms with Crippen molar-refractivity contribution in [2.24, 2.45) is 0 Å². The van der Waals surface area contributed by atoms with Crippen LogP contribution in [-0.4, -0.2) is 21.5 Å². The fourth-order valence-corrected chi connectivity index (χ4v) is 3.83. The second kappa shape index (κ2) is 7.60. The third-order valence-corrected chi connectivity index (χ3v) is 5.71. The van der Waals surface area contributed by atoms with Crippen LogP contribution in [0.1, 0.15) is 55.2 Å². The molecule has 0 saturated carbocycles. The molecule has 0 heterocycles. The maximum atomic E-state index is 12.6. The Hall–Kier alpha value is -2.18. The van der Waals surface area contributed by atoms with Gasteiger partial charge in [0.1, 0.15) is 0 Å². The smallest absolute Gasteiger partial charge is 0.337 e. The van der Waals surface area contributed by atoms with Gasteiger partial charge in [-0.1, -0.05) is 51.1 Å². The molecule has 2 rings (SSSR count). The largest absolute Gasteiger partial charge is 0.465 e. The molecule has 1 unspecified atom stereocenters. The number of sulfonamides is 1. The number of methoxy groups -OCH3 is 1. The molecule has 2 aromatic rings. The fraction of sp³-hybridized carbons (Fsp3) is 0.350. The van der Waals surface area contributed by atoms with Gasteiger partial charge >= 0.3 is 5.97 Å². The minimum absolute atomic E-state index is 0.0264. The summed E-state index contributed by atoms with van der Waals surface area (Å²) < 4.78 is 32.6. The number of hydrogen-bond acceptors (Lipinski definition) is 4. The highest BCUT2D eigenvalue weighted by Crippen LogP contribution is 2.24. The normalized spacial score (nSPS) is 13.3. The van der Waals surface area contributed by atoms with Gasteiger partial charge in [-0.15, -0.1) is 0 Å². The molecule has 5 nitrogen and oxygen atoms in total. The van der Waals surface area contributed by atoms with Crippen molar-refractivity contribution in [3.05, 3.63) is 65.2 Å². The van der Waals surface area contributed by atoms with E-state index >= 15 is 0 Å². The number of esters is 1. The predicted octanol–water partition coefficient (Wildman–Crippen LogP) is 3.81. The molecule has 0 aliphatic heterocycles. The topological polar surface area (TPSA) is 72.5 Å². The van der Waals surface area contributed by atoms with Crippen LogP contribution in [-0.2, 0) is 20.2 Å². The molecule has 0 spiro atoms. The number of rotatable bonds is 5. The van der Waals surface area contributed by atoms with Crippen molar-refractivity contribution in [1.29, 1.82) is 0 Å².